The number of hydrogen-bond donors (Lipinski definition) is 3. The van der Waals surface area contributed by atoms with Gasteiger partial charge in [-0.15, -0.1) is 0 Å². The van der Waals surface area contributed by atoms with E-state index < -0.39 is 17.0 Å². The summed E-state index contributed by atoms with van der Waals surface area (Å²) in [6.07, 6.45) is -1.30. The first-order chi connectivity index (χ1) is 10.2. The maximum absolute atomic E-state index is 14.1. The molecule has 22 heavy (non-hydrogen) atoms. The molecule has 0 fully saturated rings. The van der Waals surface area contributed by atoms with E-state index in [1.807, 2.05) is 0 Å². The quantitative estimate of drug-likeness (QED) is 0.373. The molecule has 0 saturated heterocycles. The van der Waals surface area contributed by atoms with E-state index >= 15 is 0 Å². The van der Waals surface area contributed by atoms with Crippen LogP contribution in [0.15, 0.2) is 0 Å². The zero-order chi connectivity index (χ0) is 17.2. The van der Waals surface area contributed by atoms with Crippen molar-refractivity contribution in [1.29, 1.82) is 0 Å². The summed E-state index contributed by atoms with van der Waals surface area (Å²) in [4.78, 5) is 11.4. The molecule has 0 aliphatic rings. The molecule has 0 saturated carbocycles. The Labute approximate surface area is 139 Å². The molecule has 2 N–H and O–H groups in total. The fourth-order valence-electron chi connectivity index (χ4n) is 1.56. The number of ether oxygens (including phenoxy) is 2. The highest BCUT2D eigenvalue weighted by atomic mass is 32.1. The molecule has 0 heterocycles. The van der Waals surface area contributed by atoms with E-state index in [1.54, 1.807) is 20.8 Å². The maximum atomic E-state index is 14.1. The van der Waals surface area contributed by atoms with Crippen LogP contribution in [0.3, 0.4) is 0 Å². The Bertz CT molecular complexity index is 315. The van der Waals surface area contributed by atoms with Crippen LogP contribution >= 0.6 is 12.6 Å². The number of alkyl halides is 1. The van der Waals surface area contributed by atoms with Crippen molar-refractivity contribution in [3.63, 3.8) is 0 Å². The minimum atomic E-state index is -1.30. The lowest BCUT2D eigenvalue weighted by molar-refractivity contribution is -0.122. The molecular formula is C15H31FN2O3S. The topological polar surface area (TPSA) is 59.6 Å². The standard InChI is InChI=1S/C15H31FN2O3S/c1-11(2)17-6-7-20-8-9-21-15(4,5)13(16)10-18-14(19)12(3)22/h11-13,17,22H,6-10H2,1-5H3,(H,18,19). The summed E-state index contributed by atoms with van der Waals surface area (Å²) in [5.41, 5.74) is -0.980. The fraction of sp³-hybridized carbons (Fsp3) is 0.933. The van der Waals surface area contributed by atoms with Gasteiger partial charge in [-0.25, -0.2) is 4.39 Å². The molecule has 0 aliphatic heterocycles. The zero-order valence-electron chi connectivity index (χ0n) is 14.3. The predicted molar refractivity (Wildman–Crippen MR) is 90.3 cm³/mol. The van der Waals surface area contributed by atoms with Gasteiger partial charge in [0.25, 0.3) is 0 Å². The van der Waals surface area contributed by atoms with Gasteiger partial charge in [-0.05, 0) is 20.8 Å². The van der Waals surface area contributed by atoms with E-state index in [2.05, 4.69) is 37.1 Å². The van der Waals surface area contributed by atoms with E-state index in [-0.39, 0.29) is 12.5 Å². The van der Waals surface area contributed by atoms with Crippen LogP contribution in [0.5, 0.6) is 0 Å². The molecule has 0 radical (unpaired) electrons. The Morgan fingerprint density at radius 1 is 1.23 bits per heavy atom. The van der Waals surface area contributed by atoms with E-state index in [1.165, 1.54) is 0 Å². The van der Waals surface area contributed by atoms with Crippen LogP contribution in [0, 0.1) is 0 Å². The van der Waals surface area contributed by atoms with E-state index in [4.69, 9.17) is 9.47 Å². The molecule has 0 aromatic carbocycles. The Kier molecular flexibility index (Phi) is 11.0. The highest BCUT2D eigenvalue weighted by molar-refractivity contribution is 7.81. The fourth-order valence-corrected chi connectivity index (χ4v) is 1.65. The van der Waals surface area contributed by atoms with Crippen LogP contribution < -0.4 is 10.6 Å². The number of thiol groups is 1. The van der Waals surface area contributed by atoms with Gasteiger partial charge >= 0.3 is 0 Å². The predicted octanol–water partition coefficient (Wildman–Crippen LogP) is 1.57. The minimum Gasteiger partial charge on any atom is -0.378 e. The smallest absolute Gasteiger partial charge is 0.232 e. The van der Waals surface area contributed by atoms with E-state index in [9.17, 15) is 9.18 Å². The summed E-state index contributed by atoms with van der Waals surface area (Å²) in [5.74, 6) is -0.289. The Balaban J connectivity index is 3.81. The second kappa shape index (κ2) is 11.2. The van der Waals surface area contributed by atoms with Gasteiger partial charge in [-0.1, -0.05) is 13.8 Å². The summed E-state index contributed by atoms with van der Waals surface area (Å²) in [6, 6.07) is 0.432. The lowest BCUT2D eigenvalue weighted by Crippen LogP contribution is -2.45. The van der Waals surface area contributed by atoms with Crippen molar-refractivity contribution < 1.29 is 18.7 Å². The van der Waals surface area contributed by atoms with Crippen molar-refractivity contribution in [1.82, 2.24) is 10.6 Å². The summed E-state index contributed by atoms with van der Waals surface area (Å²) in [5, 5.41) is 5.29. The SMILES string of the molecule is CC(C)NCCOCCOC(C)(C)C(F)CNC(=O)C(C)S. The van der Waals surface area contributed by atoms with E-state index in [0.29, 0.717) is 25.9 Å². The lowest BCUT2D eigenvalue weighted by Gasteiger charge is -2.29. The first-order valence-corrected chi connectivity index (χ1v) is 8.23. The summed E-state index contributed by atoms with van der Waals surface area (Å²) in [7, 11) is 0. The average molecular weight is 338 g/mol. The van der Waals surface area contributed by atoms with Gasteiger partial charge in [-0.3, -0.25) is 4.79 Å². The third-order valence-electron chi connectivity index (χ3n) is 3.09. The number of halogens is 1. The monoisotopic (exact) mass is 338 g/mol. The van der Waals surface area contributed by atoms with Crippen LogP contribution in [-0.2, 0) is 14.3 Å². The molecule has 0 aromatic heterocycles. The van der Waals surface area contributed by atoms with Gasteiger partial charge in [0.1, 0.15) is 6.17 Å². The minimum absolute atomic E-state index is 0.0874. The Morgan fingerprint density at radius 2 is 1.86 bits per heavy atom. The van der Waals surface area contributed by atoms with Crippen LogP contribution in [-0.4, -0.2) is 61.9 Å². The molecule has 132 valence electrons. The first kappa shape index (κ1) is 21.6. The Morgan fingerprint density at radius 3 is 2.41 bits per heavy atom. The second-order valence-corrected chi connectivity index (χ2v) is 6.84. The second-order valence-electron chi connectivity index (χ2n) is 6.06. The number of rotatable bonds is 12. The Hall–Kier alpha value is -0.370. The normalized spacial score (nSPS) is 14.9. The van der Waals surface area contributed by atoms with Crippen LogP contribution in [0.2, 0.25) is 0 Å². The van der Waals surface area contributed by atoms with Gasteiger partial charge in [0.15, 0.2) is 0 Å². The van der Waals surface area contributed by atoms with E-state index in [0.717, 1.165) is 6.54 Å². The maximum Gasteiger partial charge on any atom is 0.232 e. The van der Waals surface area contributed by atoms with Crippen LogP contribution in [0.25, 0.3) is 0 Å². The molecule has 0 aromatic rings. The van der Waals surface area contributed by atoms with Crippen molar-refractivity contribution in [2.75, 3.05) is 32.9 Å². The molecule has 0 aliphatic carbocycles. The van der Waals surface area contributed by atoms with Crippen molar-refractivity contribution >= 4 is 18.5 Å². The number of carbonyl (C=O) groups is 1. The molecule has 0 rings (SSSR count). The first-order valence-electron chi connectivity index (χ1n) is 7.71. The van der Waals surface area contributed by atoms with Gasteiger partial charge in [0.05, 0.1) is 37.2 Å². The average Bonchev–Trinajstić information content (AvgIpc) is 2.42. The molecule has 5 nitrogen and oxygen atoms in total. The van der Waals surface area contributed by atoms with Crippen LogP contribution in [0.4, 0.5) is 4.39 Å². The number of nitrogens with one attached hydrogen (secondary N) is 2. The molecule has 2 unspecified atom stereocenters. The van der Waals surface area contributed by atoms with Crippen molar-refractivity contribution in [2.24, 2.45) is 0 Å². The third-order valence-corrected chi connectivity index (χ3v) is 3.32. The largest absolute Gasteiger partial charge is 0.378 e. The summed E-state index contributed by atoms with van der Waals surface area (Å²) >= 11 is 3.99. The highest BCUT2D eigenvalue weighted by Crippen LogP contribution is 2.17. The van der Waals surface area contributed by atoms with Crippen LogP contribution in [0.1, 0.15) is 34.6 Å². The van der Waals surface area contributed by atoms with Gasteiger partial charge in [0, 0.05) is 12.6 Å². The highest BCUT2D eigenvalue weighted by Gasteiger charge is 2.30. The number of carbonyl (C=O) groups excluding carboxylic acids is 1. The molecular weight excluding hydrogens is 307 g/mol. The number of hydrogen-bond acceptors (Lipinski definition) is 5. The van der Waals surface area contributed by atoms with Gasteiger partial charge in [-0.2, -0.15) is 12.6 Å². The van der Waals surface area contributed by atoms with Crippen molar-refractivity contribution in [3.8, 4) is 0 Å². The van der Waals surface area contributed by atoms with Gasteiger partial charge in [0.2, 0.25) is 5.91 Å². The third kappa shape index (κ3) is 10.4. The molecule has 7 heteroatoms. The lowest BCUT2D eigenvalue weighted by atomic mass is 10.0. The van der Waals surface area contributed by atoms with Crippen molar-refractivity contribution in [3.05, 3.63) is 0 Å². The number of amides is 1. The molecule has 0 bridgehead atoms. The molecule has 0 spiro atoms. The summed E-state index contributed by atoms with van der Waals surface area (Å²) in [6.45, 7) is 11.1. The van der Waals surface area contributed by atoms with Crippen molar-refractivity contribution in [2.45, 2.75) is 57.7 Å². The zero-order valence-corrected chi connectivity index (χ0v) is 15.2. The summed E-state index contributed by atoms with van der Waals surface area (Å²) < 4.78 is 25.0. The molecule has 2 atom stereocenters. The van der Waals surface area contributed by atoms with Gasteiger partial charge < -0.3 is 20.1 Å². The molecule has 1 amide bonds.